The minimum absolute atomic E-state index is 0.0675. The topological polar surface area (TPSA) is 78.5 Å². The molecule has 2 N–H and O–H groups in total. The predicted octanol–water partition coefficient (Wildman–Crippen LogP) is 4.53. The molecule has 2 aromatic rings. The summed E-state index contributed by atoms with van der Waals surface area (Å²) in [5, 5.41) is 0. The minimum atomic E-state index is -0.351. The molecule has 0 aromatic heterocycles. The van der Waals surface area contributed by atoms with E-state index in [1.165, 1.54) is 17.3 Å². The number of unbranched alkanes of at least 4 members (excludes halogenated alkanes) is 2. The Hall–Kier alpha value is -2.97. The molecule has 1 saturated heterocycles. The van der Waals surface area contributed by atoms with Crippen molar-refractivity contribution >= 4 is 52.1 Å². The van der Waals surface area contributed by atoms with Crippen LogP contribution in [0.3, 0.4) is 0 Å². The molecule has 0 bridgehead atoms. The molecule has 3 amide bonds. The lowest BCUT2D eigenvalue weighted by Gasteiger charge is -2.14. The Balaban J connectivity index is 1.35. The Morgan fingerprint density at radius 3 is 2.24 bits per heavy atom. The third-order valence-electron chi connectivity index (χ3n) is 5.16. The van der Waals surface area contributed by atoms with E-state index >= 15 is 0 Å². The van der Waals surface area contributed by atoms with Gasteiger partial charge in [-0.15, -0.1) is 0 Å². The Morgan fingerprint density at radius 2 is 1.58 bits per heavy atom. The van der Waals surface area contributed by atoms with Gasteiger partial charge in [0.25, 0.3) is 11.8 Å². The summed E-state index contributed by atoms with van der Waals surface area (Å²) in [5.74, 6) is -0.666. The van der Waals surface area contributed by atoms with Crippen molar-refractivity contribution in [1.29, 1.82) is 0 Å². The Morgan fingerprint density at radius 1 is 0.939 bits per heavy atom. The van der Waals surface area contributed by atoms with Crippen molar-refractivity contribution < 1.29 is 14.4 Å². The van der Waals surface area contributed by atoms with Crippen molar-refractivity contribution in [3.8, 4) is 0 Å². The molecular weight excluding hydrogens is 454 g/mol. The number of hydrogen-bond donors (Lipinski definition) is 2. The summed E-state index contributed by atoms with van der Waals surface area (Å²) in [4.78, 5) is 38.9. The van der Waals surface area contributed by atoms with E-state index in [2.05, 4.69) is 10.9 Å². The molecule has 6 nitrogen and oxygen atoms in total. The van der Waals surface area contributed by atoms with Gasteiger partial charge in [0, 0.05) is 18.5 Å². The first-order valence-electron chi connectivity index (χ1n) is 10.8. The zero-order valence-electron chi connectivity index (χ0n) is 18.7. The van der Waals surface area contributed by atoms with E-state index < -0.39 is 0 Å². The molecule has 0 unspecified atom stereocenters. The summed E-state index contributed by atoms with van der Waals surface area (Å²) >= 11 is 6.70. The first kappa shape index (κ1) is 24.7. The van der Waals surface area contributed by atoms with Crippen molar-refractivity contribution in [1.82, 2.24) is 15.8 Å². The first-order valence-corrected chi connectivity index (χ1v) is 12.0. The molecule has 8 heteroatoms. The van der Waals surface area contributed by atoms with Crippen molar-refractivity contribution in [2.45, 2.75) is 39.5 Å². The third kappa shape index (κ3) is 7.27. The molecule has 2 aromatic carbocycles. The zero-order chi connectivity index (χ0) is 23.8. The largest absolute Gasteiger partial charge is 0.293 e. The number of carbonyl (C=O) groups is 3. The summed E-state index contributed by atoms with van der Waals surface area (Å²) in [6.07, 6.45) is 4.33. The highest BCUT2D eigenvalue weighted by atomic mass is 32.2. The smallest absolute Gasteiger partial charge is 0.269 e. The first-order chi connectivity index (χ1) is 15.8. The fourth-order valence-corrected chi connectivity index (χ4v) is 4.51. The van der Waals surface area contributed by atoms with Crippen molar-refractivity contribution in [2.24, 2.45) is 0 Å². The summed E-state index contributed by atoms with van der Waals surface area (Å²) in [5.41, 5.74) is 8.55. The maximum atomic E-state index is 12.7. The maximum absolute atomic E-state index is 12.7. The van der Waals surface area contributed by atoms with Crippen LogP contribution in [0.15, 0.2) is 53.4 Å². The van der Waals surface area contributed by atoms with Crippen LogP contribution in [-0.4, -0.2) is 33.5 Å². The molecule has 0 aliphatic carbocycles. The van der Waals surface area contributed by atoms with Gasteiger partial charge in [0.1, 0.15) is 4.32 Å². The second-order valence-corrected chi connectivity index (χ2v) is 9.60. The quantitative estimate of drug-likeness (QED) is 0.251. The van der Waals surface area contributed by atoms with Crippen LogP contribution in [-0.2, 0) is 9.59 Å². The third-order valence-corrected chi connectivity index (χ3v) is 6.54. The number of nitrogens with zero attached hydrogens (tertiary/aromatic N) is 1. The van der Waals surface area contributed by atoms with Gasteiger partial charge in [-0.2, -0.15) is 0 Å². The SMILES string of the molecule is Cc1ccc(/C=C2\SC(=S)N(CCCCCC(=O)NNC(=O)c3ccc(C)cc3)C2=O)cc1. The van der Waals surface area contributed by atoms with E-state index in [0.717, 1.165) is 24.0 Å². The number of rotatable bonds is 8. The van der Waals surface area contributed by atoms with E-state index in [-0.39, 0.29) is 17.7 Å². The molecule has 1 aliphatic rings. The molecule has 3 rings (SSSR count). The van der Waals surface area contributed by atoms with Gasteiger partial charge >= 0.3 is 0 Å². The lowest BCUT2D eigenvalue weighted by Crippen LogP contribution is -2.41. The number of hydrogen-bond acceptors (Lipinski definition) is 5. The van der Waals surface area contributed by atoms with Gasteiger partial charge < -0.3 is 0 Å². The molecule has 0 saturated carbocycles. The van der Waals surface area contributed by atoms with Crippen molar-refractivity contribution in [3.05, 3.63) is 75.7 Å². The van der Waals surface area contributed by atoms with Crippen LogP contribution in [0.4, 0.5) is 0 Å². The summed E-state index contributed by atoms with van der Waals surface area (Å²) in [6, 6.07) is 15.1. The standard InChI is InChI=1S/C25H27N3O3S2/c1-17-7-11-19(12-8-17)16-21-24(31)28(25(32)33-21)15-5-3-4-6-22(29)26-27-23(30)20-13-9-18(2)10-14-20/h7-14,16H,3-6,15H2,1-2H3,(H,26,29)(H,27,30)/b21-16-. The molecule has 0 spiro atoms. The second kappa shape index (κ2) is 11.8. The number of aryl methyl sites for hydroxylation is 2. The van der Waals surface area contributed by atoms with Gasteiger partial charge in [-0.25, -0.2) is 0 Å². The molecular formula is C25H27N3O3S2. The van der Waals surface area contributed by atoms with Gasteiger partial charge in [0.15, 0.2) is 0 Å². The van der Waals surface area contributed by atoms with Crippen molar-refractivity contribution in [3.63, 3.8) is 0 Å². The highest BCUT2D eigenvalue weighted by molar-refractivity contribution is 8.26. The van der Waals surface area contributed by atoms with Crippen LogP contribution in [0.2, 0.25) is 0 Å². The normalized spacial score (nSPS) is 14.6. The number of thioether (sulfide) groups is 1. The summed E-state index contributed by atoms with van der Waals surface area (Å²) in [6.45, 7) is 4.49. The number of carbonyl (C=O) groups excluding carboxylic acids is 3. The summed E-state index contributed by atoms with van der Waals surface area (Å²) < 4.78 is 0.565. The molecule has 0 atom stereocenters. The van der Waals surface area contributed by atoms with Crippen LogP contribution < -0.4 is 10.9 Å². The minimum Gasteiger partial charge on any atom is -0.293 e. The Labute approximate surface area is 203 Å². The van der Waals surface area contributed by atoms with E-state index in [4.69, 9.17) is 12.2 Å². The van der Waals surface area contributed by atoms with Crippen LogP contribution >= 0.6 is 24.0 Å². The maximum Gasteiger partial charge on any atom is 0.269 e. The monoisotopic (exact) mass is 481 g/mol. The summed E-state index contributed by atoms with van der Waals surface area (Å²) in [7, 11) is 0. The van der Waals surface area contributed by atoms with Crippen LogP contribution in [0, 0.1) is 13.8 Å². The molecule has 1 fully saturated rings. The molecule has 172 valence electrons. The number of benzene rings is 2. The average molecular weight is 482 g/mol. The highest BCUT2D eigenvalue weighted by Crippen LogP contribution is 2.32. The number of nitrogens with one attached hydrogen (secondary N) is 2. The van der Waals surface area contributed by atoms with Crippen molar-refractivity contribution in [2.75, 3.05) is 6.54 Å². The van der Waals surface area contributed by atoms with E-state index in [9.17, 15) is 14.4 Å². The van der Waals surface area contributed by atoms with Crippen LogP contribution in [0.5, 0.6) is 0 Å². The van der Waals surface area contributed by atoms with Gasteiger partial charge in [-0.3, -0.25) is 30.1 Å². The second-order valence-electron chi connectivity index (χ2n) is 7.92. The van der Waals surface area contributed by atoms with Gasteiger partial charge in [0.05, 0.1) is 4.91 Å². The lowest BCUT2D eigenvalue weighted by molar-refractivity contribution is -0.123. The lowest BCUT2D eigenvalue weighted by atomic mass is 10.1. The average Bonchev–Trinajstić information content (AvgIpc) is 3.06. The Kier molecular flexibility index (Phi) is 8.79. The fraction of sp³-hybridized carbons (Fsp3) is 0.280. The number of hydrazine groups is 1. The van der Waals surface area contributed by atoms with E-state index in [1.807, 2.05) is 56.3 Å². The van der Waals surface area contributed by atoms with E-state index in [0.29, 0.717) is 34.2 Å². The molecule has 33 heavy (non-hydrogen) atoms. The van der Waals surface area contributed by atoms with Crippen LogP contribution in [0.1, 0.15) is 52.7 Å². The van der Waals surface area contributed by atoms with Gasteiger partial charge in [-0.05, 0) is 50.5 Å². The molecule has 1 aliphatic heterocycles. The van der Waals surface area contributed by atoms with Crippen LogP contribution in [0.25, 0.3) is 6.08 Å². The Bertz CT molecular complexity index is 1060. The van der Waals surface area contributed by atoms with Gasteiger partial charge in [-0.1, -0.05) is 77.9 Å². The number of thiocarbonyl (C=S) groups is 1. The highest BCUT2D eigenvalue weighted by Gasteiger charge is 2.31. The zero-order valence-corrected chi connectivity index (χ0v) is 20.4. The predicted molar refractivity (Wildman–Crippen MR) is 136 cm³/mol. The van der Waals surface area contributed by atoms with E-state index in [1.54, 1.807) is 17.0 Å². The van der Waals surface area contributed by atoms with Gasteiger partial charge in [0.2, 0.25) is 5.91 Å². The molecule has 1 heterocycles. The molecule has 0 radical (unpaired) electrons. The fourth-order valence-electron chi connectivity index (χ4n) is 3.21. The number of amides is 3.